The van der Waals surface area contributed by atoms with Crippen molar-refractivity contribution in [3.05, 3.63) is 77.6 Å². The Bertz CT molecular complexity index is 1210. The van der Waals surface area contributed by atoms with Crippen LogP contribution in [0.2, 0.25) is 0 Å². The molecule has 6 nitrogen and oxygen atoms in total. The van der Waals surface area contributed by atoms with Gasteiger partial charge in [-0.3, -0.25) is 14.7 Å². The minimum absolute atomic E-state index is 0.102. The van der Waals surface area contributed by atoms with Crippen LogP contribution in [-0.2, 0) is 11.3 Å². The van der Waals surface area contributed by atoms with E-state index < -0.39 is 0 Å². The van der Waals surface area contributed by atoms with Crippen molar-refractivity contribution in [2.24, 2.45) is 0 Å². The quantitative estimate of drug-likeness (QED) is 0.366. The molecule has 0 aliphatic carbocycles. The number of thiazole rings is 1. The third-order valence-electron chi connectivity index (χ3n) is 5.15. The standard InChI is InChI=1S/C25H25N3O3S/c1-4-30-20-9-11-21(12-10-20)31-16-23(29)28(15-19-7-5-6-14-26-19)25-27-24-18(3)17(2)8-13-22(24)32-25/h5-14H,4,15-16H2,1-3H3. The Morgan fingerprint density at radius 1 is 1.00 bits per heavy atom. The highest BCUT2D eigenvalue weighted by molar-refractivity contribution is 7.22. The number of carbonyl (C=O) groups is 1. The van der Waals surface area contributed by atoms with Gasteiger partial charge < -0.3 is 9.47 Å². The third-order valence-corrected chi connectivity index (χ3v) is 6.19. The number of fused-ring (bicyclic) bond motifs is 1. The van der Waals surface area contributed by atoms with Crippen LogP contribution in [-0.4, -0.2) is 29.1 Å². The second-order valence-corrected chi connectivity index (χ2v) is 8.35. The highest BCUT2D eigenvalue weighted by Gasteiger charge is 2.22. The zero-order valence-electron chi connectivity index (χ0n) is 18.4. The topological polar surface area (TPSA) is 64.6 Å². The van der Waals surface area contributed by atoms with Crippen LogP contribution in [0.25, 0.3) is 10.2 Å². The molecule has 164 valence electrons. The number of anilines is 1. The number of ether oxygens (including phenoxy) is 2. The van der Waals surface area contributed by atoms with Crippen LogP contribution in [0.4, 0.5) is 5.13 Å². The number of aryl methyl sites for hydroxylation is 2. The first-order valence-corrected chi connectivity index (χ1v) is 11.3. The molecule has 2 aromatic heterocycles. The van der Waals surface area contributed by atoms with E-state index in [0.29, 0.717) is 24.0 Å². The molecular formula is C25H25N3O3S. The molecule has 0 saturated heterocycles. The summed E-state index contributed by atoms with van der Waals surface area (Å²) in [4.78, 5) is 24.1. The van der Waals surface area contributed by atoms with Crippen molar-refractivity contribution in [1.29, 1.82) is 0 Å². The van der Waals surface area contributed by atoms with Gasteiger partial charge in [-0.2, -0.15) is 0 Å². The summed E-state index contributed by atoms with van der Waals surface area (Å²) >= 11 is 1.50. The van der Waals surface area contributed by atoms with Gasteiger partial charge in [0.05, 0.1) is 29.1 Å². The first kappa shape index (κ1) is 21.8. The van der Waals surface area contributed by atoms with E-state index in [1.165, 1.54) is 16.9 Å². The lowest BCUT2D eigenvalue weighted by Gasteiger charge is -2.19. The van der Waals surface area contributed by atoms with Crippen molar-refractivity contribution < 1.29 is 14.3 Å². The van der Waals surface area contributed by atoms with Crippen LogP contribution < -0.4 is 14.4 Å². The molecule has 2 heterocycles. The average molecular weight is 448 g/mol. The maximum absolute atomic E-state index is 13.2. The summed E-state index contributed by atoms with van der Waals surface area (Å²) in [5.74, 6) is 1.19. The minimum Gasteiger partial charge on any atom is -0.494 e. The number of aromatic nitrogens is 2. The maximum atomic E-state index is 13.2. The summed E-state index contributed by atoms with van der Waals surface area (Å²) in [6.45, 7) is 6.88. The van der Waals surface area contributed by atoms with Crippen molar-refractivity contribution in [3.8, 4) is 11.5 Å². The van der Waals surface area contributed by atoms with Crippen LogP contribution in [0.15, 0.2) is 60.8 Å². The lowest BCUT2D eigenvalue weighted by atomic mass is 10.1. The normalized spacial score (nSPS) is 10.8. The number of amides is 1. The predicted octanol–water partition coefficient (Wildman–Crippen LogP) is 5.32. The van der Waals surface area contributed by atoms with Gasteiger partial charge in [-0.1, -0.05) is 23.5 Å². The Balaban J connectivity index is 1.57. The Kier molecular flexibility index (Phi) is 6.66. The van der Waals surface area contributed by atoms with E-state index >= 15 is 0 Å². The Morgan fingerprint density at radius 2 is 1.75 bits per heavy atom. The van der Waals surface area contributed by atoms with E-state index in [-0.39, 0.29) is 12.5 Å². The van der Waals surface area contributed by atoms with Crippen LogP contribution in [0.1, 0.15) is 23.7 Å². The van der Waals surface area contributed by atoms with E-state index in [1.807, 2.05) is 37.3 Å². The van der Waals surface area contributed by atoms with E-state index in [2.05, 4.69) is 31.0 Å². The monoisotopic (exact) mass is 447 g/mol. The van der Waals surface area contributed by atoms with Gasteiger partial charge in [0.15, 0.2) is 11.7 Å². The summed E-state index contributed by atoms with van der Waals surface area (Å²) < 4.78 is 12.3. The molecule has 0 fully saturated rings. The zero-order chi connectivity index (χ0) is 22.5. The molecule has 7 heteroatoms. The van der Waals surface area contributed by atoms with Gasteiger partial charge in [0.25, 0.3) is 5.91 Å². The molecule has 1 amide bonds. The lowest BCUT2D eigenvalue weighted by Crippen LogP contribution is -2.34. The second-order valence-electron chi connectivity index (χ2n) is 7.34. The molecule has 0 atom stereocenters. The first-order valence-electron chi connectivity index (χ1n) is 10.5. The number of pyridine rings is 1. The molecular weight excluding hydrogens is 422 g/mol. The average Bonchev–Trinajstić information content (AvgIpc) is 3.25. The van der Waals surface area contributed by atoms with Crippen LogP contribution in [0.5, 0.6) is 11.5 Å². The number of nitrogens with zero attached hydrogens (tertiary/aromatic N) is 3. The molecule has 0 spiro atoms. The lowest BCUT2D eigenvalue weighted by molar-refractivity contribution is -0.120. The van der Waals surface area contributed by atoms with Crippen molar-refractivity contribution in [2.45, 2.75) is 27.3 Å². The molecule has 2 aromatic carbocycles. The van der Waals surface area contributed by atoms with Gasteiger partial charge in [-0.25, -0.2) is 4.98 Å². The molecule has 0 bridgehead atoms. The van der Waals surface area contributed by atoms with E-state index in [9.17, 15) is 4.79 Å². The van der Waals surface area contributed by atoms with Crippen LogP contribution in [0.3, 0.4) is 0 Å². The fraction of sp³-hybridized carbons (Fsp3) is 0.240. The van der Waals surface area contributed by atoms with Gasteiger partial charge >= 0.3 is 0 Å². The fourth-order valence-electron chi connectivity index (χ4n) is 3.27. The van der Waals surface area contributed by atoms with Crippen molar-refractivity contribution in [3.63, 3.8) is 0 Å². The summed E-state index contributed by atoms with van der Waals surface area (Å²) in [6.07, 6.45) is 1.72. The third kappa shape index (κ3) is 4.89. The molecule has 0 radical (unpaired) electrons. The predicted molar refractivity (Wildman–Crippen MR) is 128 cm³/mol. The molecule has 4 rings (SSSR count). The summed E-state index contributed by atoms with van der Waals surface area (Å²) in [6, 6.07) is 17.0. The second kappa shape index (κ2) is 9.78. The molecule has 0 aliphatic heterocycles. The first-order chi connectivity index (χ1) is 15.5. The zero-order valence-corrected chi connectivity index (χ0v) is 19.2. The van der Waals surface area contributed by atoms with Gasteiger partial charge in [0.1, 0.15) is 11.5 Å². The van der Waals surface area contributed by atoms with E-state index in [0.717, 1.165) is 27.2 Å². The van der Waals surface area contributed by atoms with Gasteiger partial charge in [0, 0.05) is 6.20 Å². The summed E-state index contributed by atoms with van der Waals surface area (Å²) in [5.41, 5.74) is 4.02. The maximum Gasteiger partial charge on any atom is 0.267 e. The van der Waals surface area contributed by atoms with Crippen molar-refractivity contribution in [2.75, 3.05) is 18.1 Å². The number of hydrogen-bond acceptors (Lipinski definition) is 6. The Morgan fingerprint density at radius 3 is 2.44 bits per heavy atom. The largest absolute Gasteiger partial charge is 0.494 e. The molecule has 0 aliphatic rings. The van der Waals surface area contributed by atoms with Gasteiger partial charge in [0.2, 0.25) is 0 Å². The molecule has 0 saturated carbocycles. The molecule has 4 aromatic rings. The van der Waals surface area contributed by atoms with Gasteiger partial charge in [-0.05, 0) is 74.4 Å². The molecule has 32 heavy (non-hydrogen) atoms. The van der Waals surface area contributed by atoms with E-state index in [1.54, 1.807) is 23.2 Å². The highest BCUT2D eigenvalue weighted by atomic mass is 32.1. The number of hydrogen-bond donors (Lipinski definition) is 0. The Hall–Kier alpha value is -3.45. The van der Waals surface area contributed by atoms with E-state index in [4.69, 9.17) is 14.5 Å². The Labute approximate surface area is 191 Å². The smallest absolute Gasteiger partial charge is 0.267 e. The minimum atomic E-state index is -0.182. The molecule has 0 N–H and O–H groups in total. The van der Waals surface area contributed by atoms with Gasteiger partial charge in [-0.15, -0.1) is 0 Å². The molecule has 0 unspecified atom stereocenters. The summed E-state index contributed by atoms with van der Waals surface area (Å²) in [7, 11) is 0. The van der Waals surface area contributed by atoms with Crippen molar-refractivity contribution >= 4 is 32.6 Å². The number of carbonyl (C=O) groups excluding carboxylic acids is 1. The number of rotatable bonds is 8. The SMILES string of the molecule is CCOc1ccc(OCC(=O)N(Cc2ccccn2)c2nc3c(C)c(C)ccc3s2)cc1. The fourth-order valence-corrected chi connectivity index (χ4v) is 4.31. The van der Waals surface area contributed by atoms with Crippen LogP contribution in [0, 0.1) is 13.8 Å². The highest BCUT2D eigenvalue weighted by Crippen LogP contribution is 2.32. The van der Waals surface area contributed by atoms with Crippen molar-refractivity contribution in [1.82, 2.24) is 9.97 Å². The van der Waals surface area contributed by atoms with Crippen LogP contribution >= 0.6 is 11.3 Å². The number of benzene rings is 2. The summed E-state index contributed by atoms with van der Waals surface area (Å²) in [5, 5.41) is 0.639.